The molecule has 2 rings (SSSR count). The van der Waals surface area contributed by atoms with Gasteiger partial charge in [0.25, 0.3) is 0 Å². The molecule has 5 heteroatoms. The highest BCUT2D eigenvalue weighted by Gasteiger charge is 2.04. The summed E-state index contributed by atoms with van der Waals surface area (Å²) in [7, 11) is 1.53. The molecule has 0 unspecified atom stereocenters. The fraction of sp³-hybridized carbons (Fsp3) is 0.0769. The number of hydrogen-bond donors (Lipinski definition) is 0. The van der Waals surface area contributed by atoms with Gasteiger partial charge in [0.1, 0.15) is 16.7 Å². The lowest BCUT2D eigenvalue weighted by Gasteiger charge is -2.07. The Balaban J connectivity index is 2.31. The number of rotatable bonds is 3. The topological polar surface area (TPSA) is 55.1 Å². The number of nitrogens with zero attached hydrogens (tertiary/aromatic N) is 2. The van der Waals surface area contributed by atoms with Crippen molar-refractivity contribution in [3.8, 4) is 23.4 Å². The Bertz CT molecular complexity index is 608. The monoisotopic (exact) mass is 260 g/mol. The van der Waals surface area contributed by atoms with Gasteiger partial charge in [-0.25, -0.2) is 4.98 Å². The van der Waals surface area contributed by atoms with E-state index >= 15 is 0 Å². The van der Waals surface area contributed by atoms with Gasteiger partial charge in [0.2, 0.25) is 5.88 Å². The Kier molecular flexibility index (Phi) is 3.66. The molecule has 1 heterocycles. The standard InChI is InChI=1S/C13H9ClN2O2/c1-17-10-5-9(8-15)6-11(7-10)18-13-4-2-3-12(14)16-13/h2-7H,1H3. The SMILES string of the molecule is COc1cc(C#N)cc(Oc2cccc(Cl)n2)c1. The van der Waals surface area contributed by atoms with Gasteiger partial charge in [0, 0.05) is 12.1 Å². The van der Waals surface area contributed by atoms with E-state index in [4.69, 9.17) is 26.3 Å². The molecule has 1 aromatic carbocycles. The van der Waals surface area contributed by atoms with Crippen molar-refractivity contribution in [3.05, 3.63) is 47.1 Å². The van der Waals surface area contributed by atoms with Gasteiger partial charge in [-0.1, -0.05) is 17.7 Å². The zero-order valence-corrected chi connectivity index (χ0v) is 10.3. The van der Waals surface area contributed by atoms with E-state index in [0.717, 1.165) is 0 Å². The van der Waals surface area contributed by atoms with E-state index in [1.54, 1.807) is 36.4 Å². The van der Waals surface area contributed by atoms with Crippen LogP contribution in [-0.2, 0) is 0 Å². The number of methoxy groups -OCH3 is 1. The predicted octanol–water partition coefficient (Wildman–Crippen LogP) is 3.41. The Labute approximate surface area is 109 Å². The van der Waals surface area contributed by atoms with E-state index in [1.807, 2.05) is 6.07 Å². The zero-order valence-electron chi connectivity index (χ0n) is 9.55. The molecular weight excluding hydrogens is 252 g/mol. The Morgan fingerprint density at radius 3 is 2.67 bits per heavy atom. The molecule has 2 aromatic rings. The van der Waals surface area contributed by atoms with Crippen molar-refractivity contribution in [2.75, 3.05) is 7.11 Å². The predicted molar refractivity (Wildman–Crippen MR) is 67.0 cm³/mol. The van der Waals surface area contributed by atoms with E-state index in [-0.39, 0.29) is 0 Å². The molecule has 0 aliphatic heterocycles. The van der Waals surface area contributed by atoms with Crippen LogP contribution in [0, 0.1) is 11.3 Å². The van der Waals surface area contributed by atoms with E-state index in [1.165, 1.54) is 7.11 Å². The maximum Gasteiger partial charge on any atom is 0.220 e. The van der Waals surface area contributed by atoms with Crippen molar-refractivity contribution >= 4 is 11.6 Å². The highest BCUT2D eigenvalue weighted by atomic mass is 35.5. The molecule has 0 aliphatic rings. The van der Waals surface area contributed by atoms with Gasteiger partial charge in [-0.05, 0) is 18.2 Å². The smallest absolute Gasteiger partial charge is 0.220 e. The molecule has 0 bridgehead atoms. The number of aromatic nitrogens is 1. The molecule has 0 aliphatic carbocycles. The molecule has 0 atom stereocenters. The first-order chi connectivity index (χ1) is 8.71. The normalized spacial score (nSPS) is 9.61. The molecule has 0 N–H and O–H groups in total. The summed E-state index contributed by atoms with van der Waals surface area (Å²) in [5.41, 5.74) is 0.450. The molecule has 0 spiro atoms. The summed E-state index contributed by atoms with van der Waals surface area (Å²) in [5, 5.41) is 9.24. The third-order valence-electron chi connectivity index (χ3n) is 2.16. The number of nitriles is 1. The van der Waals surface area contributed by atoms with Crippen molar-refractivity contribution in [2.45, 2.75) is 0 Å². The summed E-state index contributed by atoms with van der Waals surface area (Å²) in [4.78, 5) is 4.00. The van der Waals surface area contributed by atoms with Crippen LogP contribution in [0.1, 0.15) is 5.56 Å². The van der Waals surface area contributed by atoms with Gasteiger partial charge in [0.05, 0.1) is 18.7 Å². The number of ether oxygens (including phenoxy) is 2. The van der Waals surface area contributed by atoms with Crippen molar-refractivity contribution in [1.82, 2.24) is 4.98 Å². The highest BCUT2D eigenvalue weighted by Crippen LogP contribution is 2.26. The molecule has 0 amide bonds. The average molecular weight is 261 g/mol. The van der Waals surface area contributed by atoms with E-state index in [2.05, 4.69) is 4.98 Å². The summed E-state index contributed by atoms with van der Waals surface area (Å²) in [6.07, 6.45) is 0. The minimum atomic E-state index is 0.343. The number of pyridine rings is 1. The van der Waals surface area contributed by atoms with Crippen LogP contribution >= 0.6 is 11.6 Å². The summed E-state index contributed by atoms with van der Waals surface area (Å²) in [6, 6.07) is 12.0. The van der Waals surface area contributed by atoms with Crippen molar-refractivity contribution < 1.29 is 9.47 Å². The second-order valence-corrected chi connectivity index (χ2v) is 3.80. The summed E-state index contributed by atoms with van der Waals surface area (Å²) in [5.74, 6) is 1.38. The third kappa shape index (κ3) is 2.90. The van der Waals surface area contributed by atoms with Gasteiger partial charge in [-0.3, -0.25) is 0 Å². The average Bonchev–Trinajstić information content (AvgIpc) is 2.38. The zero-order chi connectivity index (χ0) is 13.0. The second kappa shape index (κ2) is 5.39. The maximum atomic E-state index is 8.89. The summed E-state index contributed by atoms with van der Waals surface area (Å²) < 4.78 is 10.6. The van der Waals surface area contributed by atoms with Crippen LogP contribution in [0.15, 0.2) is 36.4 Å². The number of benzene rings is 1. The van der Waals surface area contributed by atoms with E-state index < -0.39 is 0 Å². The largest absolute Gasteiger partial charge is 0.497 e. The molecule has 0 radical (unpaired) electrons. The molecule has 18 heavy (non-hydrogen) atoms. The number of halogens is 1. The van der Waals surface area contributed by atoms with E-state index in [0.29, 0.717) is 28.1 Å². The first-order valence-corrected chi connectivity index (χ1v) is 5.48. The van der Waals surface area contributed by atoms with Gasteiger partial charge in [-0.2, -0.15) is 5.26 Å². The first-order valence-electron chi connectivity index (χ1n) is 5.11. The Morgan fingerprint density at radius 1 is 1.22 bits per heavy atom. The number of hydrogen-bond acceptors (Lipinski definition) is 4. The lowest BCUT2D eigenvalue weighted by atomic mass is 10.2. The van der Waals surface area contributed by atoms with Crippen LogP contribution in [0.25, 0.3) is 0 Å². The summed E-state index contributed by atoms with van der Waals surface area (Å²) >= 11 is 5.76. The minimum absolute atomic E-state index is 0.343. The molecule has 90 valence electrons. The van der Waals surface area contributed by atoms with Crippen LogP contribution < -0.4 is 9.47 Å². The molecular formula is C13H9ClN2O2. The quantitative estimate of drug-likeness (QED) is 0.794. The fourth-order valence-corrected chi connectivity index (χ4v) is 1.54. The Morgan fingerprint density at radius 2 is 2.00 bits per heavy atom. The molecule has 4 nitrogen and oxygen atoms in total. The maximum absolute atomic E-state index is 8.89. The van der Waals surface area contributed by atoms with Crippen LogP contribution in [0.3, 0.4) is 0 Å². The van der Waals surface area contributed by atoms with Crippen molar-refractivity contribution in [1.29, 1.82) is 5.26 Å². The van der Waals surface area contributed by atoms with Gasteiger partial charge in [-0.15, -0.1) is 0 Å². The first kappa shape index (κ1) is 12.2. The molecule has 0 saturated heterocycles. The summed E-state index contributed by atoms with van der Waals surface area (Å²) in [6.45, 7) is 0. The fourth-order valence-electron chi connectivity index (χ4n) is 1.38. The van der Waals surface area contributed by atoms with Crippen molar-refractivity contribution in [3.63, 3.8) is 0 Å². The third-order valence-corrected chi connectivity index (χ3v) is 2.37. The Hall–Kier alpha value is -2.25. The van der Waals surface area contributed by atoms with Crippen LogP contribution in [0.5, 0.6) is 17.4 Å². The van der Waals surface area contributed by atoms with Crippen LogP contribution in [-0.4, -0.2) is 12.1 Å². The molecule has 1 aromatic heterocycles. The highest BCUT2D eigenvalue weighted by molar-refractivity contribution is 6.29. The van der Waals surface area contributed by atoms with Gasteiger partial charge >= 0.3 is 0 Å². The molecule has 0 fully saturated rings. The lowest BCUT2D eigenvalue weighted by Crippen LogP contribution is -1.90. The van der Waals surface area contributed by atoms with Crippen LogP contribution in [0.2, 0.25) is 5.15 Å². The minimum Gasteiger partial charge on any atom is -0.497 e. The molecule has 0 saturated carbocycles. The van der Waals surface area contributed by atoms with Gasteiger partial charge in [0.15, 0.2) is 0 Å². The second-order valence-electron chi connectivity index (χ2n) is 3.41. The van der Waals surface area contributed by atoms with Crippen LogP contribution in [0.4, 0.5) is 0 Å². The lowest BCUT2D eigenvalue weighted by molar-refractivity contribution is 0.407. The van der Waals surface area contributed by atoms with Gasteiger partial charge < -0.3 is 9.47 Å². The van der Waals surface area contributed by atoms with Crippen molar-refractivity contribution in [2.24, 2.45) is 0 Å². The van der Waals surface area contributed by atoms with E-state index in [9.17, 15) is 0 Å².